The highest BCUT2D eigenvalue weighted by Gasteiger charge is 2.44. The Hall–Kier alpha value is -0.710. The number of benzene rings is 1. The summed E-state index contributed by atoms with van der Waals surface area (Å²) in [7, 11) is 0. The van der Waals surface area contributed by atoms with Crippen LogP contribution >= 0.6 is 31.9 Å². The monoisotopic (exact) mass is 381 g/mol. The number of pyridine rings is 1. The van der Waals surface area contributed by atoms with Crippen molar-refractivity contribution in [3.63, 3.8) is 0 Å². The lowest BCUT2D eigenvalue weighted by molar-refractivity contribution is 0.146. The molecule has 1 N–H and O–H groups in total. The Kier molecular flexibility index (Phi) is 3.74. The highest BCUT2D eigenvalue weighted by Crippen LogP contribution is 2.54. The van der Waals surface area contributed by atoms with Gasteiger partial charge in [0.2, 0.25) is 0 Å². The lowest BCUT2D eigenvalue weighted by Gasteiger charge is -2.12. The fourth-order valence-electron chi connectivity index (χ4n) is 2.49. The van der Waals surface area contributed by atoms with E-state index in [0.29, 0.717) is 5.92 Å². The number of hydrogen-bond acceptors (Lipinski definition) is 2. The van der Waals surface area contributed by atoms with Crippen LogP contribution in [0.5, 0.6) is 0 Å². The Morgan fingerprint density at radius 2 is 1.95 bits per heavy atom. The van der Waals surface area contributed by atoms with Crippen molar-refractivity contribution >= 4 is 31.9 Å². The van der Waals surface area contributed by atoms with Gasteiger partial charge in [-0.2, -0.15) is 0 Å². The van der Waals surface area contributed by atoms with Crippen molar-refractivity contribution in [2.75, 3.05) is 0 Å². The Bertz CT molecular complexity index is 588. The minimum Gasteiger partial charge on any atom is -0.386 e. The van der Waals surface area contributed by atoms with Crippen LogP contribution in [0.25, 0.3) is 0 Å². The van der Waals surface area contributed by atoms with Gasteiger partial charge < -0.3 is 5.11 Å². The van der Waals surface area contributed by atoms with Crippen molar-refractivity contribution in [1.82, 2.24) is 4.98 Å². The van der Waals surface area contributed by atoms with Crippen LogP contribution in [0.2, 0.25) is 0 Å². The van der Waals surface area contributed by atoms with Gasteiger partial charge in [-0.25, -0.2) is 0 Å². The van der Waals surface area contributed by atoms with Crippen LogP contribution in [-0.4, -0.2) is 10.1 Å². The number of nitrogens with zero attached hydrogens (tertiary/aromatic N) is 1. The van der Waals surface area contributed by atoms with Gasteiger partial charge in [-0.05, 0) is 61.7 Å². The molecule has 1 aliphatic carbocycles. The minimum atomic E-state index is -0.507. The summed E-state index contributed by atoms with van der Waals surface area (Å²) in [5.74, 6) is 0.723. The predicted molar refractivity (Wildman–Crippen MR) is 81.9 cm³/mol. The topological polar surface area (TPSA) is 33.1 Å². The standard InChI is InChI=1S/C15H13Br2NO/c16-10-6-13(17)14(18-8-10)15(19)12-7-11(12)9-4-2-1-3-5-9/h1-6,8,11-12,15,19H,7H2. The second kappa shape index (κ2) is 5.35. The van der Waals surface area contributed by atoms with Gasteiger partial charge in [-0.1, -0.05) is 30.3 Å². The van der Waals surface area contributed by atoms with E-state index in [1.165, 1.54) is 5.56 Å². The van der Waals surface area contributed by atoms with Gasteiger partial charge in [-0.15, -0.1) is 0 Å². The lowest BCUT2D eigenvalue weighted by atomic mass is 10.0. The molecule has 1 saturated carbocycles. The number of hydrogen-bond donors (Lipinski definition) is 1. The molecule has 0 amide bonds. The molecule has 3 unspecified atom stereocenters. The zero-order valence-corrected chi connectivity index (χ0v) is 13.3. The molecule has 3 rings (SSSR count). The van der Waals surface area contributed by atoms with E-state index in [4.69, 9.17) is 0 Å². The van der Waals surface area contributed by atoms with Crippen LogP contribution < -0.4 is 0 Å². The molecule has 0 bridgehead atoms. The molecule has 1 fully saturated rings. The van der Waals surface area contributed by atoms with E-state index in [0.717, 1.165) is 21.1 Å². The molecular formula is C15H13Br2NO. The van der Waals surface area contributed by atoms with Crippen LogP contribution in [-0.2, 0) is 0 Å². The summed E-state index contributed by atoms with van der Waals surface area (Å²) in [6, 6.07) is 12.3. The van der Waals surface area contributed by atoms with Crippen LogP contribution in [0.15, 0.2) is 51.5 Å². The molecule has 2 nitrogen and oxygen atoms in total. The maximum absolute atomic E-state index is 10.5. The largest absolute Gasteiger partial charge is 0.386 e. The first-order chi connectivity index (χ1) is 9.16. The van der Waals surface area contributed by atoms with Gasteiger partial charge in [0.15, 0.2) is 0 Å². The average Bonchev–Trinajstić information content (AvgIpc) is 3.19. The number of halogens is 2. The van der Waals surface area contributed by atoms with Crippen molar-refractivity contribution in [2.45, 2.75) is 18.4 Å². The summed E-state index contributed by atoms with van der Waals surface area (Å²) >= 11 is 6.84. The van der Waals surface area contributed by atoms with Crippen LogP contribution in [0.4, 0.5) is 0 Å². The molecule has 1 aliphatic rings. The summed E-state index contributed by atoms with van der Waals surface area (Å²) < 4.78 is 1.76. The molecule has 4 heteroatoms. The first kappa shape index (κ1) is 13.3. The van der Waals surface area contributed by atoms with E-state index in [9.17, 15) is 5.11 Å². The van der Waals surface area contributed by atoms with Gasteiger partial charge in [0.25, 0.3) is 0 Å². The van der Waals surface area contributed by atoms with Crippen molar-refractivity contribution in [3.05, 3.63) is 62.8 Å². The molecule has 0 radical (unpaired) electrons. The smallest absolute Gasteiger partial charge is 0.100 e. The second-order valence-corrected chi connectivity index (χ2v) is 6.65. The number of aliphatic hydroxyl groups excluding tert-OH is 1. The summed E-state index contributed by atoms with van der Waals surface area (Å²) in [6.07, 6.45) is 2.24. The van der Waals surface area contributed by atoms with Gasteiger partial charge >= 0.3 is 0 Å². The third kappa shape index (κ3) is 2.76. The number of aromatic nitrogens is 1. The van der Waals surface area contributed by atoms with Crippen molar-refractivity contribution in [3.8, 4) is 0 Å². The van der Waals surface area contributed by atoms with E-state index in [2.05, 4.69) is 49.0 Å². The third-order valence-corrected chi connectivity index (χ3v) is 4.66. The van der Waals surface area contributed by atoms with Gasteiger partial charge in [0.1, 0.15) is 6.10 Å². The molecule has 0 aliphatic heterocycles. The first-order valence-electron chi connectivity index (χ1n) is 6.21. The molecule has 0 saturated heterocycles. The SMILES string of the molecule is OC(c1ncc(Br)cc1Br)C1CC1c1ccccc1. The van der Waals surface area contributed by atoms with E-state index in [-0.39, 0.29) is 5.92 Å². The lowest BCUT2D eigenvalue weighted by Crippen LogP contribution is -2.05. The number of rotatable bonds is 3. The van der Waals surface area contributed by atoms with Gasteiger partial charge in [0.05, 0.1) is 5.69 Å². The molecule has 1 aromatic heterocycles. The summed E-state index contributed by atoms with van der Waals surface area (Å²) in [4.78, 5) is 4.32. The predicted octanol–water partition coefficient (Wildman–Crippen LogP) is 4.44. The third-order valence-electron chi connectivity index (χ3n) is 3.59. The van der Waals surface area contributed by atoms with Crippen molar-refractivity contribution in [2.24, 2.45) is 5.92 Å². The first-order valence-corrected chi connectivity index (χ1v) is 7.79. The maximum Gasteiger partial charge on any atom is 0.100 e. The molecule has 98 valence electrons. The molecule has 1 heterocycles. The molecular weight excluding hydrogens is 370 g/mol. The van der Waals surface area contributed by atoms with E-state index >= 15 is 0 Å². The summed E-state index contributed by atoms with van der Waals surface area (Å²) in [5.41, 5.74) is 2.03. The Balaban J connectivity index is 1.78. The van der Waals surface area contributed by atoms with Gasteiger partial charge in [0, 0.05) is 15.1 Å². The van der Waals surface area contributed by atoms with Gasteiger partial charge in [-0.3, -0.25) is 4.98 Å². The second-order valence-electron chi connectivity index (χ2n) is 4.88. The van der Waals surface area contributed by atoms with Crippen LogP contribution in [0.1, 0.15) is 29.7 Å². The van der Waals surface area contributed by atoms with E-state index < -0.39 is 6.10 Å². The molecule has 0 spiro atoms. The van der Waals surface area contributed by atoms with Crippen molar-refractivity contribution < 1.29 is 5.11 Å². The Labute approximate surface area is 129 Å². The van der Waals surface area contributed by atoms with Crippen LogP contribution in [0.3, 0.4) is 0 Å². The fourth-order valence-corrected chi connectivity index (χ4v) is 3.71. The zero-order valence-electron chi connectivity index (χ0n) is 10.1. The molecule has 1 aromatic carbocycles. The zero-order chi connectivity index (χ0) is 13.4. The Morgan fingerprint density at radius 1 is 1.21 bits per heavy atom. The fraction of sp³-hybridized carbons (Fsp3) is 0.267. The normalized spacial score (nSPS) is 23.1. The van der Waals surface area contributed by atoms with Crippen LogP contribution in [0, 0.1) is 5.92 Å². The summed E-state index contributed by atoms with van der Waals surface area (Å²) in [5, 5.41) is 10.5. The average molecular weight is 383 g/mol. The molecule has 2 aromatic rings. The number of aliphatic hydroxyl groups is 1. The molecule has 19 heavy (non-hydrogen) atoms. The van der Waals surface area contributed by atoms with Crippen molar-refractivity contribution in [1.29, 1.82) is 0 Å². The maximum atomic E-state index is 10.5. The summed E-state index contributed by atoms with van der Waals surface area (Å²) in [6.45, 7) is 0. The molecule has 3 atom stereocenters. The minimum absolute atomic E-state index is 0.271. The highest BCUT2D eigenvalue weighted by molar-refractivity contribution is 9.11. The van der Waals surface area contributed by atoms with E-state index in [1.807, 2.05) is 24.3 Å². The quantitative estimate of drug-likeness (QED) is 0.850. The Morgan fingerprint density at radius 3 is 2.63 bits per heavy atom. The van der Waals surface area contributed by atoms with E-state index in [1.54, 1.807) is 6.20 Å². The highest BCUT2D eigenvalue weighted by atomic mass is 79.9.